The number of rotatable bonds is 11. The van der Waals surface area contributed by atoms with Crippen LogP contribution in [0.3, 0.4) is 0 Å². The number of hydrogen-bond acceptors (Lipinski definition) is 6. The summed E-state index contributed by atoms with van der Waals surface area (Å²) in [5.41, 5.74) is -2.76. The third kappa shape index (κ3) is 4.72. The lowest BCUT2D eigenvalue weighted by molar-refractivity contribution is -0.164. The van der Waals surface area contributed by atoms with Gasteiger partial charge in [0.2, 0.25) is 11.8 Å². The lowest BCUT2D eigenvalue weighted by Gasteiger charge is -2.46. The normalized spacial score (nSPS) is 33.2. The minimum absolute atomic E-state index is 0.0299. The molecule has 0 saturated carbocycles. The largest absolute Gasteiger partial charge is 0.461 e. The molecular weight excluding hydrogens is 484 g/mol. The molecule has 2 bridgehead atoms. The molecule has 0 aromatic heterocycles. The second-order valence-corrected chi connectivity index (χ2v) is 13.4. The van der Waals surface area contributed by atoms with Crippen LogP contribution in [0.2, 0.25) is 0 Å². The van der Waals surface area contributed by atoms with Gasteiger partial charge in [-0.3, -0.25) is 14.4 Å². The average Bonchev–Trinajstić information content (AvgIpc) is 3.32. The Kier molecular flexibility index (Phi) is 8.32. The highest BCUT2D eigenvalue weighted by Gasteiger charge is 2.81. The molecule has 8 heteroatoms. The van der Waals surface area contributed by atoms with Gasteiger partial charge in [0.25, 0.3) is 0 Å². The SMILES string of the molecule is C=CCOC(=O)[C@H]1[C@H]2C(=O)N([C@@H](CC)CO)C(C(=O)N(CC=C)C(C)(C)CC(C)(C)C)C23CC(C)[C@]1(C)O3. The van der Waals surface area contributed by atoms with Crippen molar-refractivity contribution in [1.82, 2.24) is 9.80 Å². The zero-order chi connectivity index (χ0) is 28.8. The van der Waals surface area contributed by atoms with Crippen LogP contribution in [0.1, 0.15) is 74.7 Å². The number of esters is 1. The maximum Gasteiger partial charge on any atom is 0.313 e. The van der Waals surface area contributed by atoms with Gasteiger partial charge in [0.15, 0.2) is 0 Å². The van der Waals surface area contributed by atoms with Crippen molar-refractivity contribution >= 4 is 17.8 Å². The van der Waals surface area contributed by atoms with Crippen molar-refractivity contribution in [3.05, 3.63) is 25.3 Å². The molecule has 8 nitrogen and oxygen atoms in total. The highest BCUT2D eigenvalue weighted by Crippen LogP contribution is 2.66. The van der Waals surface area contributed by atoms with Crippen molar-refractivity contribution in [3.63, 3.8) is 0 Å². The van der Waals surface area contributed by atoms with Gasteiger partial charge in [-0.1, -0.05) is 53.3 Å². The van der Waals surface area contributed by atoms with E-state index in [2.05, 4.69) is 33.9 Å². The molecule has 214 valence electrons. The topological polar surface area (TPSA) is 96.4 Å². The second-order valence-electron chi connectivity index (χ2n) is 13.4. The lowest BCUT2D eigenvalue weighted by Crippen LogP contribution is -2.62. The van der Waals surface area contributed by atoms with Gasteiger partial charge >= 0.3 is 5.97 Å². The number of fused-ring (bicyclic) bond motifs is 1. The summed E-state index contributed by atoms with van der Waals surface area (Å²) in [6.45, 7) is 23.8. The average molecular weight is 533 g/mol. The molecule has 3 unspecified atom stereocenters. The number of nitrogens with zero attached hydrogens (tertiary/aromatic N) is 2. The quantitative estimate of drug-likeness (QED) is 0.322. The Balaban J connectivity index is 2.19. The van der Waals surface area contributed by atoms with E-state index in [1.165, 1.54) is 11.0 Å². The second kappa shape index (κ2) is 10.4. The van der Waals surface area contributed by atoms with Crippen LogP contribution in [0.25, 0.3) is 0 Å². The molecule has 0 aliphatic carbocycles. The Bertz CT molecular complexity index is 966. The van der Waals surface area contributed by atoms with Crippen molar-refractivity contribution in [2.45, 2.75) is 103 Å². The lowest BCUT2D eigenvalue weighted by atomic mass is 9.62. The molecule has 0 aromatic carbocycles. The summed E-state index contributed by atoms with van der Waals surface area (Å²) >= 11 is 0. The van der Waals surface area contributed by atoms with Gasteiger partial charge in [-0.05, 0) is 51.4 Å². The van der Waals surface area contributed by atoms with Gasteiger partial charge in [0, 0.05) is 12.1 Å². The molecule has 3 aliphatic rings. The van der Waals surface area contributed by atoms with E-state index in [4.69, 9.17) is 9.47 Å². The van der Waals surface area contributed by atoms with Gasteiger partial charge in [-0.2, -0.15) is 0 Å². The van der Waals surface area contributed by atoms with Crippen LogP contribution >= 0.6 is 0 Å². The van der Waals surface area contributed by atoms with Gasteiger partial charge in [-0.25, -0.2) is 0 Å². The Morgan fingerprint density at radius 2 is 1.89 bits per heavy atom. The molecule has 3 heterocycles. The molecule has 38 heavy (non-hydrogen) atoms. The Morgan fingerprint density at radius 1 is 1.26 bits per heavy atom. The predicted molar refractivity (Wildman–Crippen MR) is 146 cm³/mol. The summed E-state index contributed by atoms with van der Waals surface area (Å²) in [5.74, 6) is -2.89. The van der Waals surface area contributed by atoms with Crippen LogP contribution in [0, 0.1) is 23.2 Å². The van der Waals surface area contributed by atoms with Gasteiger partial charge < -0.3 is 24.4 Å². The number of likely N-dealkylation sites (tertiary alicyclic amines) is 1. The molecule has 0 aromatic rings. The van der Waals surface area contributed by atoms with Crippen LogP contribution in [0.4, 0.5) is 0 Å². The molecule has 3 fully saturated rings. The Hall–Kier alpha value is -2.19. The first-order valence-electron chi connectivity index (χ1n) is 13.9. The minimum Gasteiger partial charge on any atom is -0.461 e. The van der Waals surface area contributed by atoms with Crippen LogP contribution in [0.15, 0.2) is 25.3 Å². The highest BCUT2D eigenvalue weighted by molar-refractivity contribution is 5.99. The van der Waals surface area contributed by atoms with E-state index in [9.17, 15) is 19.5 Å². The zero-order valence-corrected chi connectivity index (χ0v) is 24.6. The fourth-order valence-electron chi connectivity index (χ4n) is 7.66. The number of carbonyl (C=O) groups excluding carboxylic acids is 3. The Labute approximate surface area is 228 Å². The number of ether oxygens (including phenoxy) is 2. The van der Waals surface area contributed by atoms with Crippen LogP contribution in [-0.4, -0.2) is 81.3 Å². The summed E-state index contributed by atoms with van der Waals surface area (Å²) < 4.78 is 12.2. The third-order valence-corrected chi connectivity index (χ3v) is 8.93. The van der Waals surface area contributed by atoms with Crippen molar-refractivity contribution in [2.24, 2.45) is 23.2 Å². The van der Waals surface area contributed by atoms with E-state index in [0.717, 1.165) is 6.42 Å². The van der Waals surface area contributed by atoms with E-state index in [1.807, 2.05) is 34.6 Å². The monoisotopic (exact) mass is 532 g/mol. The van der Waals surface area contributed by atoms with E-state index in [-0.39, 0.29) is 36.4 Å². The van der Waals surface area contributed by atoms with E-state index >= 15 is 0 Å². The van der Waals surface area contributed by atoms with Crippen molar-refractivity contribution in [3.8, 4) is 0 Å². The van der Waals surface area contributed by atoms with Crippen molar-refractivity contribution < 1.29 is 29.0 Å². The summed E-state index contributed by atoms with van der Waals surface area (Å²) in [4.78, 5) is 45.7. The van der Waals surface area contributed by atoms with Gasteiger partial charge in [-0.15, -0.1) is 6.58 Å². The fraction of sp³-hybridized carbons (Fsp3) is 0.767. The van der Waals surface area contributed by atoms with Crippen LogP contribution < -0.4 is 0 Å². The van der Waals surface area contributed by atoms with Gasteiger partial charge in [0.05, 0.1) is 24.2 Å². The first-order valence-corrected chi connectivity index (χ1v) is 13.9. The summed E-state index contributed by atoms with van der Waals surface area (Å²) in [5, 5.41) is 10.3. The van der Waals surface area contributed by atoms with Crippen LogP contribution in [-0.2, 0) is 23.9 Å². The smallest absolute Gasteiger partial charge is 0.313 e. The summed E-state index contributed by atoms with van der Waals surface area (Å²) in [6, 6.07) is -1.55. The highest BCUT2D eigenvalue weighted by atomic mass is 16.6. The molecule has 2 amide bonds. The predicted octanol–water partition coefficient (Wildman–Crippen LogP) is 3.73. The molecule has 3 saturated heterocycles. The molecular formula is C30H48N2O6. The molecule has 0 radical (unpaired) electrons. The molecule has 3 rings (SSSR count). The first kappa shape index (κ1) is 30.4. The van der Waals surface area contributed by atoms with Crippen LogP contribution in [0.5, 0.6) is 0 Å². The van der Waals surface area contributed by atoms with E-state index in [1.54, 1.807) is 11.0 Å². The van der Waals surface area contributed by atoms with Crippen molar-refractivity contribution in [2.75, 3.05) is 19.8 Å². The molecule has 1 N–H and O–H groups in total. The maximum absolute atomic E-state index is 14.7. The van der Waals surface area contributed by atoms with E-state index < -0.39 is 46.6 Å². The third-order valence-electron chi connectivity index (χ3n) is 8.93. The summed E-state index contributed by atoms with van der Waals surface area (Å²) in [6.07, 6.45) is 4.83. The number of amides is 2. The number of hydrogen-bond donors (Lipinski definition) is 1. The first-order chi connectivity index (χ1) is 17.6. The number of aliphatic hydroxyl groups excluding tert-OH is 1. The number of aliphatic hydroxyl groups is 1. The molecule has 3 aliphatic heterocycles. The minimum atomic E-state index is -1.19. The summed E-state index contributed by atoms with van der Waals surface area (Å²) in [7, 11) is 0. The zero-order valence-electron chi connectivity index (χ0n) is 24.6. The fourth-order valence-corrected chi connectivity index (χ4v) is 7.66. The van der Waals surface area contributed by atoms with Crippen molar-refractivity contribution in [1.29, 1.82) is 0 Å². The van der Waals surface area contributed by atoms with Gasteiger partial charge in [0.1, 0.15) is 24.2 Å². The maximum atomic E-state index is 14.7. The Morgan fingerprint density at radius 3 is 2.39 bits per heavy atom. The molecule has 7 atom stereocenters. The standard InChI is InChI=1S/C30H48N2O6/c1-11-14-31(28(8,9)18-27(5,6)7)25(35)23-30-16-19(4)29(10,38-30)22(26(36)37-15-12-2)21(30)24(34)32(23)20(13-3)17-33/h11-12,19-23,33H,1-2,13-18H2,3-10H3/t19?,20-,21-,22+,23?,29-,30?/m0/s1. The molecule has 1 spiro atoms. The number of carbonyl (C=O) groups is 3. The van der Waals surface area contributed by atoms with E-state index in [0.29, 0.717) is 19.4 Å².